The number of ether oxygens (including phenoxy) is 1. The number of fused-ring (bicyclic) bond motifs is 1. The standard InChI is InChI=1S/C16H26N2O2/c1-4-18(11-7-10-17(2)3)14-12-20-15-9-6-5-8-13(15)16(14)19/h5-6,8-9,14,16,19H,4,7,10-12H2,1-3H3. The van der Waals surface area contributed by atoms with Gasteiger partial charge < -0.3 is 14.7 Å². The van der Waals surface area contributed by atoms with E-state index < -0.39 is 6.10 Å². The summed E-state index contributed by atoms with van der Waals surface area (Å²) in [6.45, 7) is 5.69. The smallest absolute Gasteiger partial charge is 0.125 e. The largest absolute Gasteiger partial charge is 0.491 e. The fourth-order valence-corrected chi connectivity index (χ4v) is 2.78. The molecule has 0 radical (unpaired) electrons. The molecule has 0 aromatic heterocycles. The number of aliphatic hydroxyl groups excluding tert-OH is 1. The fourth-order valence-electron chi connectivity index (χ4n) is 2.78. The van der Waals surface area contributed by atoms with Crippen molar-refractivity contribution in [3.8, 4) is 5.75 Å². The molecule has 1 N–H and O–H groups in total. The van der Waals surface area contributed by atoms with Gasteiger partial charge in [-0.25, -0.2) is 0 Å². The number of nitrogens with zero attached hydrogens (tertiary/aromatic N) is 2. The van der Waals surface area contributed by atoms with Crippen LogP contribution in [0.5, 0.6) is 5.75 Å². The van der Waals surface area contributed by atoms with Gasteiger partial charge in [0.2, 0.25) is 0 Å². The molecule has 20 heavy (non-hydrogen) atoms. The van der Waals surface area contributed by atoms with E-state index in [0.29, 0.717) is 6.61 Å². The normalized spacial score (nSPS) is 21.9. The summed E-state index contributed by atoms with van der Waals surface area (Å²) in [6.07, 6.45) is 0.644. The topological polar surface area (TPSA) is 35.9 Å². The second-order valence-electron chi connectivity index (χ2n) is 5.65. The van der Waals surface area contributed by atoms with E-state index in [-0.39, 0.29) is 6.04 Å². The maximum absolute atomic E-state index is 10.6. The van der Waals surface area contributed by atoms with Crippen molar-refractivity contribution in [1.29, 1.82) is 0 Å². The van der Waals surface area contributed by atoms with Gasteiger partial charge in [0, 0.05) is 5.56 Å². The summed E-state index contributed by atoms with van der Waals surface area (Å²) in [5, 5.41) is 10.6. The molecule has 0 bridgehead atoms. The van der Waals surface area contributed by atoms with Crippen LogP contribution in [-0.2, 0) is 0 Å². The van der Waals surface area contributed by atoms with E-state index >= 15 is 0 Å². The molecule has 4 nitrogen and oxygen atoms in total. The average molecular weight is 278 g/mol. The van der Waals surface area contributed by atoms with Crippen molar-refractivity contribution >= 4 is 0 Å². The third-order valence-electron chi connectivity index (χ3n) is 3.94. The Morgan fingerprint density at radius 2 is 2.00 bits per heavy atom. The minimum absolute atomic E-state index is 0.0528. The lowest BCUT2D eigenvalue weighted by molar-refractivity contribution is 0.00452. The van der Waals surface area contributed by atoms with Gasteiger partial charge in [0.05, 0.1) is 6.04 Å². The zero-order chi connectivity index (χ0) is 14.5. The van der Waals surface area contributed by atoms with Crippen LogP contribution in [0.15, 0.2) is 24.3 Å². The van der Waals surface area contributed by atoms with Crippen LogP contribution in [0.25, 0.3) is 0 Å². The van der Waals surface area contributed by atoms with Gasteiger partial charge in [-0.05, 0) is 46.2 Å². The average Bonchev–Trinajstić information content (AvgIpc) is 2.45. The molecule has 1 aromatic carbocycles. The maximum atomic E-state index is 10.6. The molecule has 1 aliphatic heterocycles. The van der Waals surface area contributed by atoms with Crippen molar-refractivity contribution in [3.05, 3.63) is 29.8 Å². The molecular formula is C16H26N2O2. The second-order valence-corrected chi connectivity index (χ2v) is 5.65. The first-order valence-electron chi connectivity index (χ1n) is 7.42. The van der Waals surface area contributed by atoms with E-state index in [1.54, 1.807) is 0 Å². The first kappa shape index (κ1) is 15.3. The quantitative estimate of drug-likeness (QED) is 0.860. The van der Waals surface area contributed by atoms with Crippen LogP contribution in [0.3, 0.4) is 0 Å². The molecule has 1 heterocycles. The Bertz CT molecular complexity index is 423. The molecular weight excluding hydrogens is 252 g/mol. The molecule has 2 rings (SSSR count). The minimum Gasteiger partial charge on any atom is -0.491 e. The Kier molecular flexibility index (Phi) is 5.40. The van der Waals surface area contributed by atoms with E-state index in [1.165, 1.54) is 0 Å². The molecule has 1 aromatic rings. The first-order valence-corrected chi connectivity index (χ1v) is 7.42. The van der Waals surface area contributed by atoms with Crippen LogP contribution in [0.2, 0.25) is 0 Å². The number of para-hydroxylation sites is 1. The molecule has 4 heteroatoms. The van der Waals surface area contributed by atoms with Gasteiger partial charge in [-0.1, -0.05) is 25.1 Å². The SMILES string of the molecule is CCN(CCCN(C)C)C1COc2ccccc2C1O. The lowest BCUT2D eigenvalue weighted by atomic mass is 9.98. The lowest BCUT2D eigenvalue weighted by Gasteiger charge is -2.38. The zero-order valence-electron chi connectivity index (χ0n) is 12.7. The van der Waals surface area contributed by atoms with Crippen molar-refractivity contribution in [2.24, 2.45) is 0 Å². The molecule has 2 unspecified atom stereocenters. The first-order chi connectivity index (χ1) is 9.63. The molecule has 0 aliphatic carbocycles. The maximum Gasteiger partial charge on any atom is 0.125 e. The lowest BCUT2D eigenvalue weighted by Crippen LogP contribution is -2.46. The molecule has 0 saturated carbocycles. The van der Waals surface area contributed by atoms with Gasteiger partial charge in [0.1, 0.15) is 18.5 Å². The van der Waals surface area contributed by atoms with Crippen molar-refractivity contribution in [2.45, 2.75) is 25.5 Å². The Morgan fingerprint density at radius 1 is 1.25 bits per heavy atom. The number of likely N-dealkylation sites (N-methyl/N-ethyl adjacent to an activating group) is 1. The number of hydrogen-bond acceptors (Lipinski definition) is 4. The van der Waals surface area contributed by atoms with Gasteiger partial charge in [0.25, 0.3) is 0 Å². The third-order valence-corrected chi connectivity index (χ3v) is 3.94. The van der Waals surface area contributed by atoms with Crippen LogP contribution in [0.4, 0.5) is 0 Å². The predicted octanol–water partition coefficient (Wildman–Crippen LogP) is 1.75. The van der Waals surface area contributed by atoms with Crippen LogP contribution in [-0.4, -0.2) is 61.3 Å². The Labute approximate surface area is 122 Å². The zero-order valence-corrected chi connectivity index (χ0v) is 12.7. The van der Waals surface area contributed by atoms with E-state index in [0.717, 1.165) is 37.4 Å². The van der Waals surface area contributed by atoms with Crippen LogP contribution in [0, 0.1) is 0 Å². The van der Waals surface area contributed by atoms with E-state index in [1.807, 2.05) is 24.3 Å². The number of hydrogen-bond donors (Lipinski definition) is 1. The van der Waals surface area contributed by atoms with Crippen molar-refractivity contribution in [2.75, 3.05) is 40.3 Å². The van der Waals surface area contributed by atoms with Gasteiger partial charge in [-0.3, -0.25) is 4.90 Å². The molecule has 1 aliphatic rings. The number of benzene rings is 1. The Morgan fingerprint density at radius 3 is 2.70 bits per heavy atom. The summed E-state index contributed by atoms with van der Waals surface area (Å²) in [5.74, 6) is 0.820. The summed E-state index contributed by atoms with van der Waals surface area (Å²) >= 11 is 0. The van der Waals surface area contributed by atoms with Gasteiger partial charge in [-0.15, -0.1) is 0 Å². The summed E-state index contributed by atoms with van der Waals surface area (Å²) in [7, 11) is 4.18. The fraction of sp³-hybridized carbons (Fsp3) is 0.625. The van der Waals surface area contributed by atoms with Gasteiger partial charge >= 0.3 is 0 Å². The van der Waals surface area contributed by atoms with Gasteiger partial charge in [-0.2, -0.15) is 0 Å². The predicted molar refractivity (Wildman–Crippen MR) is 81.1 cm³/mol. The monoisotopic (exact) mass is 278 g/mol. The third kappa shape index (κ3) is 3.51. The summed E-state index contributed by atoms with van der Waals surface area (Å²) < 4.78 is 5.80. The van der Waals surface area contributed by atoms with Crippen LogP contribution in [0.1, 0.15) is 25.0 Å². The molecule has 0 spiro atoms. The Hall–Kier alpha value is -1.10. The van der Waals surface area contributed by atoms with Crippen LogP contribution >= 0.6 is 0 Å². The molecule has 0 amide bonds. The minimum atomic E-state index is -0.459. The van der Waals surface area contributed by atoms with Crippen molar-refractivity contribution < 1.29 is 9.84 Å². The molecule has 112 valence electrons. The second kappa shape index (κ2) is 7.07. The van der Waals surface area contributed by atoms with Crippen molar-refractivity contribution in [1.82, 2.24) is 9.80 Å². The Balaban J connectivity index is 2.01. The highest BCUT2D eigenvalue weighted by Crippen LogP contribution is 2.33. The highest BCUT2D eigenvalue weighted by molar-refractivity contribution is 5.37. The molecule has 0 fully saturated rings. The summed E-state index contributed by atoms with van der Waals surface area (Å²) in [4.78, 5) is 4.51. The summed E-state index contributed by atoms with van der Waals surface area (Å²) in [6, 6.07) is 7.84. The number of aliphatic hydroxyl groups is 1. The van der Waals surface area contributed by atoms with Crippen LogP contribution < -0.4 is 4.74 Å². The summed E-state index contributed by atoms with van der Waals surface area (Å²) in [5.41, 5.74) is 0.912. The highest BCUT2D eigenvalue weighted by Gasteiger charge is 2.32. The van der Waals surface area contributed by atoms with E-state index in [4.69, 9.17) is 4.74 Å². The van der Waals surface area contributed by atoms with E-state index in [2.05, 4.69) is 30.8 Å². The number of rotatable bonds is 6. The molecule has 0 saturated heterocycles. The highest BCUT2D eigenvalue weighted by atomic mass is 16.5. The van der Waals surface area contributed by atoms with Crippen molar-refractivity contribution in [3.63, 3.8) is 0 Å². The van der Waals surface area contributed by atoms with E-state index in [9.17, 15) is 5.11 Å². The van der Waals surface area contributed by atoms with Gasteiger partial charge in [0.15, 0.2) is 0 Å². The molecule has 2 atom stereocenters.